The van der Waals surface area contributed by atoms with Crippen LogP contribution in [0.1, 0.15) is 15.4 Å². The van der Waals surface area contributed by atoms with Gasteiger partial charge in [-0.3, -0.25) is 9.78 Å². The second-order valence-corrected chi connectivity index (χ2v) is 8.36. The molecule has 144 valence electrons. The number of aromatic hydroxyl groups is 1. The van der Waals surface area contributed by atoms with Gasteiger partial charge in [0.25, 0.3) is 5.01 Å². The summed E-state index contributed by atoms with van der Waals surface area (Å²) in [5, 5.41) is 23.6. The number of hydrogen-bond donors (Lipinski definition) is 2. The van der Waals surface area contributed by atoms with Crippen LogP contribution in [0.5, 0.6) is 5.75 Å². The SMILES string of the molecule is O=C(NCc1ccc(O)cc1)c1nc([N+](=O)[O-])c(Sc2c(Cl)cncc2Cl)s1. The van der Waals surface area contributed by atoms with Crippen molar-refractivity contribution in [2.24, 2.45) is 0 Å². The van der Waals surface area contributed by atoms with Crippen molar-refractivity contribution in [2.45, 2.75) is 15.6 Å². The van der Waals surface area contributed by atoms with Gasteiger partial charge >= 0.3 is 11.7 Å². The highest BCUT2D eigenvalue weighted by Gasteiger charge is 2.28. The summed E-state index contributed by atoms with van der Waals surface area (Å²) < 4.78 is 0.176. The Morgan fingerprint density at radius 1 is 1.25 bits per heavy atom. The number of amides is 1. The van der Waals surface area contributed by atoms with Gasteiger partial charge in [-0.05, 0) is 27.6 Å². The van der Waals surface area contributed by atoms with Crippen LogP contribution in [0.3, 0.4) is 0 Å². The van der Waals surface area contributed by atoms with Crippen LogP contribution in [0.4, 0.5) is 5.82 Å². The monoisotopic (exact) mass is 456 g/mol. The molecule has 0 aliphatic heterocycles. The molecule has 0 radical (unpaired) electrons. The number of thiazole rings is 1. The Morgan fingerprint density at radius 2 is 1.89 bits per heavy atom. The molecule has 3 aromatic rings. The van der Waals surface area contributed by atoms with Crippen LogP contribution >= 0.6 is 46.3 Å². The van der Waals surface area contributed by atoms with E-state index in [0.29, 0.717) is 4.90 Å². The number of carbonyl (C=O) groups excluding carboxylic acids is 1. The number of hydrogen-bond acceptors (Lipinski definition) is 8. The number of phenols is 1. The largest absolute Gasteiger partial charge is 0.508 e. The van der Waals surface area contributed by atoms with E-state index in [1.54, 1.807) is 12.1 Å². The number of rotatable bonds is 6. The van der Waals surface area contributed by atoms with Gasteiger partial charge in [-0.1, -0.05) is 58.4 Å². The standard InChI is InChI=1S/C16H10Cl2N4O4S2/c17-10-6-19-7-11(18)12(10)27-16-13(22(25)26)21-15(28-16)14(24)20-5-8-1-3-9(23)4-2-8/h1-4,6-7,23H,5H2,(H,20,24). The minimum absolute atomic E-state index is 0.0609. The molecule has 0 bridgehead atoms. The minimum atomic E-state index is -0.668. The van der Waals surface area contributed by atoms with E-state index in [-0.39, 0.29) is 31.6 Å². The number of nitrogens with one attached hydrogen (secondary N) is 1. The van der Waals surface area contributed by atoms with Gasteiger partial charge in [0.05, 0.1) is 14.9 Å². The molecule has 2 N–H and O–H groups in total. The normalized spacial score (nSPS) is 10.6. The van der Waals surface area contributed by atoms with Crippen molar-refractivity contribution >= 4 is 58.0 Å². The number of aromatic nitrogens is 2. The summed E-state index contributed by atoms with van der Waals surface area (Å²) in [6, 6.07) is 6.28. The van der Waals surface area contributed by atoms with Crippen molar-refractivity contribution < 1.29 is 14.8 Å². The number of nitrogens with zero attached hydrogens (tertiary/aromatic N) is 3. The Balaban J connectivity index is 1.80. The summed E-state index contributed by atoms with van der Waals surface area (Å²) in [5.41, 5.74) is 0.752. The van der Waals surface area contributed by atoms with Gasteiger partial charge in [0.2, 0.25) is 0 Å². The maximum Gasteiger partial charge on any atom is 0.389 e. The molecular weight excluding hydrogens is 447 g/mol. The molecule has 1 aromatic carbocycles. The number of phenolic OH excluding ortho intramolecular Hbond substituents is 1. The average Bonchev–Trinajstić information content (AvgIpc) is 3.08. The van der Waals surface area contributed by atoms with Crippen molar-refractivity contribution in [1.29, 1.82) is 0 Å². The third-order valence-corrected chi connectivity index (χ3v) is 6.49. The lowest BCUT2D eigenvalue weighted by Gasteiger charge is -2.03. The maximum absolute atomic E-state index is 12.4. The van der Waals surface area contributed by atoms with Crippen LogP contribution in [-0.4, -0.2) is 25.9 Å². The number of halogens is 2. The number of pyridine rings is 1. The topological polar surface area (TPSA) is 118 Å². The van der Waals surface area contributed by atoms with Crippen LogP contribution in [0.15, 0.2) is 45.8 Å². The summed E-state index contributed by atoms with van der Waals surface area (Å²) >= 11 is 13.9. The highest BCUT2D eigenvalue weighted by molar-refractivity contribution is 8.01. The average molecular weight is 457 g/mol. The molecule has 2 aromatic heterocycles. The van der Waals surface area contributed by atoms with Gasteiger partial charge in [-0.25, -0.2) is 0 Å². The fourth-order valence-corrected chi connectivity index (χ4v) is 4.67. The van der Waals surface area contributed by atoms with E-state index in [2.05, 4.69) is 15.3 Å². The molecule has 0 saturated carbocycles. The van der Waals surface area contributed by atoms with Crippen molar-refractivity contribution in [1.82, 2.24) is 15.3 Å². The minimum Gasteiger partial charge on any atom is -0.508 e. The van der Waals surface area contributed by atoms with Crippen LogP contribution in [0.25, 0.3) is 0 Å². The first-order chi connectivity index (χ1) is 13.3. The molecule has 0 saturated heterocycles. The summed E-state index contributed by atoms with van der Waals surface area (Å²) in [5.74, 6) is -0.894. The summed E-state index contributed by atoms with van der Waals surface area (Å²) in [6.45, 7) is 0.178. The molecule has 2 heterocycles. The second kappa shape index (κ2) is 8.74. The van der Waals surface area contributed by atoms with Crippen LogP contribution in [0.2, 0.25) is 10.0 Å². The highest BCUT2D eigenvalue weighted by atomic mass is 35.5. The lowest BCUT2D eigenvalue weighted by molar-refractivity contribution is -0.391. The summed E-state index contributed by atoms with van der Waals surface area (Å²) in [6.07, 6.45) is 2.74. The van der Waals surface area contributed by atoms with Crippen molar-refractivity contribution in [3.63, 3.8) is 0 Å². The maximum atomic E-state index is 12.4. The Kier molecular flexibility index (Phi) is 6.35. The van der Waals surface area contributed by atoms with Crippen molar-refractivity contribution in [2.75, 3.05) is 0 Å². The molecule has 0 unspecified atom stereocenters. The molecule has 0 aliphatic rings. The third-order valence-electron chi connectivity index (χ3n) is 3.34. The molecule has 0 aliphatic carbocycles. The van der Waals surface area contributed by atoms with E-state index in [1.807, 2.05) is 0 Å². The first-order valence-electron chi connectivity index (χ1n) is 7.53. The number of benzene rings is 1. The summed E-state index contributed by atoms with van der Waals surface area (Å²) in [4.78, 5) is 31.1. The first-order valence-corrected chi connectivity index (χ1v) is 9.92. The Morgan fingerprint density at radius 3 is 2.50 bits per heavy atom. The highest BCUT2D eigenvalue weighted by Crippen LogP contribution is 2.44. The number of nitro groups is 1. The lowest BCUT2D eigenvalue weighted by Crippen LogP contribution is -2.22. The molecular formula is C16H10Cl2N4O4S2. The lowest BCUT2D eigenvalue weighted by atomic mass is 10.2. The van der Waals surface area contributed by atoms with E-state index in [1.165, 1.54) is 24.5 Å². The molecule has 0 spiro atoms. The molecule has 0 fully saturated rings. The van der Waals surface area contributed by atoms with Crippen LogP contribution in [-0.2, 0) is 6.54 Å². The zero-order valence-electron chi connectivity index (χ0n) is 13.8. The molecule has 1 amide bonds. The zero-order chi connectivity index (χ0) is 20.3. The van der Waals surface area contributed by atoms with Gasteiger partial charge < -0.3 is 20.5 Å². The van der Waals surface area contributed by atoms with E-state index >= 15 is 0 Å². The molecule has 12 heteroatoms. The molecule has 8 nitrogen and oxygen atoms in total. The zero-order valence-corrected chi connectivity index (χ0v) is 16.9. The smallest absolute Gasteiger partial charge is 0.389 e. The van der Waals surface area contributed by atoms with Crippen LogP contribution in [0, 0.1) is 10.1 Å². The van der Waals surface area contributed by atoms with Gasteiger partial charge in [-0.2, -0.15) is 0 Å². The van der Waals surface area contributed by atoms with Gasteiger partial charge in [-0.15, -0.1) is 0 Å². The third kappa shape index (κ3) is 4.71. The second-order valence-electron chi connectivity index (χ2n) is 5.27. The Labute approximate surface area is 176 Å². The van der Waals surface area contributed by atoms with E-state index in [0.717, 1.165) is 28.7 Å². The predicted octanol–water partition coefficient (Wildman–Crippen LogP) is 4.54. The fraction of sp³-hybridized carbons (Fsp3) is 0.0625. The Hall–Kier alpha value is -2.40. The molecule has 0 atom stereocenters. The van der Waals surface area contributed by atoms with Gasteiger partial charge in [0, 0.05) is 18.9 Å². The van der Waals surface area contributed by atoms with Crippen LogP contribution < -0.4 is 5.32 Å². The number of carbonyl (C=O) groups is 1. The van der Waals surface area contributed by atoms with Gasteiger partial charge in [0.15, 0.2) is 4.21 Å². The predicted molar refractivity (Wildman–Crippen MR) is 106 cm³/mol. The quantitative estimate of drug-likeness (QED) is 0.412. The van der Waals surface area contributed by atoms with Gasteiger partial charge in [0.1, 0.15) is 5.75 Å². The fourth-order valence-electron chi connectivity index (χ4n) is 2.04. The van der Waals surface area contributed by atoms with Crippen molar-refractivity contribution in [3.05, 3.63) is 67.4 Å². The van der Waals surface area contributed by atoms with E-state index in [4.69, 9.17) is 23.2 Å². The van der Waals surface area contributed by atoms with E-state index in [9.17, 15) is 20.0 Å². The molecule has 28 heavy (non-hydrogen) atoms. The van der Waals surface area contributed by atoms with Crippen molar-refractivity contribution in [3.8, 4) is 5.75 Å². The molecule has 3 rings (SSSR count). The first kappa shape index (κ1) is 20.3. The Bertz CT molecular complexity index is 1020. The van der Waals surface area contributed by atoms with E-state index < -0.39 is 16.6 Å². The summed E-state index contributed by atoms with van der Waals surface area (Å²) in [7, 11) is 0.